The van der Waals surface area contributed by atoms with E-state index in [0.29, 0.717) is 17.2 Å². The van der Waals surface area contributed by atoms with Gasteiger partial charge in [-0.05, 0) is 46.1 Å². The molecule has 6 nitrogen and oxygen atoms in total. The Bertz CT molecular complexity index is 1380. The highest BCUT2D eigenvalue weighted by molar-refractivity contribution is 7.18. The first-order chi connectivity index (χ1) is 14.4. The van der Waals surface area contributed by atoms with Crippen molar-refractivity contribution in [3.05, 3.63) is 58.4 Å². The first kappa shape index (κ1) is 18.8. The Morgan fingerprint density at radius 2 is 1.90 bits per heavy atom. The molecule has 0 fully saturated rings. The van der Waals surface area contributed by atoms with Crippen LogP contribution >= 0.6 is 22.9 Å². The number of hydrogen-bond acceptors (Lipinski definition) is 6. The summed E-state index contributed by atoms with van der Waals surface area (Å²) < 4.78 is 40.6. The number of pyridine rings is 1. The van der Waals surface area contributed by atoms with Crippen LogP contribution < -0.4 is 5.32 Å². The maximum atomic E-state index is 13.2. The second-order valence-corrected chi connectivity index (χ2v) is 7.75. The van der Waals surface area contributed by atoms with Crippen LogP contribution in [0.25, 0.3) is 32.4 Å². The van der Waals surface area contributed by atoms with Crippen LogP contribution in [0.15, 0.2) is 47.8 Å². The Balaban J connectivity index is 1.64. The van der Waals surface area contributed by atoms with Gasteiger partial charge < -0.3 is 5.32 Å². The van der Waals surface area contributed by atoms with Gasteiger partial charge in [0.2, 0.25) is 0 Å². The van der Waals surface area contributed by atoms with E-state index in [0.717, 1.165) is 27.1 Å². The minimum atomic E-state index is -4.55. The normalized spacial score (nSPS) is 12.0. The third-order valence-electron chi connectivity index (χ3n) is 4.55. The summed E-state index contributed by atoms with van der Waals surface area (Å²) in [4.78, 5) is 4.65. The van der Waals surface area contributed by atoms with Gasteiger partial charge in [0.1, 0.15) is 5.82 Å². The number of rotatable bonds is 3. The Hall–Kier alpha value is -3.24. The molecule has 0 saturated heterocycles. The van der Waals surface area contributed by atoms with E-state index in [1.807, 2.05) is 29.6 Å². The highest BCUT2D eigenvalue weighted by Gasteiger charge is 2.33. The van der Waals surface area contributed by atoms with Crippen LogP contribution in [0.5, 0.6) is 0 Å². The van der Waals surface area contributed by atoms with Gasteiger partial charge in [-0.15, -0.1) is 16.4 Å². The van der Waals surface area contributed by atoms with Crippen molar-refractivity contribution < 1.29 is 13.2 Å². The summed E-state index contributed by atoms with van der Waals surface area (Å²) in [6.07, 6.45) is -4.55. The third-order valence-corrected chi connectivity index (χ3v) is 5.83. The zero-order chi connectivity index (χ0) is 20.9. The van der Waals surface area contributed by atoms with Gasteiger partial charge in [-0.3, -0.25) is 0 Å². The number of fused-ring (bicyclic) bond motifs is 3. The van der Waals surface area contributed by atoms with Crippen LogP contribution in [-0.2, 0) is 6.18 Å². The van der Waals surface area contributed by atoms with Crippen molar-refractivity contribution in [2.24, 2.45) is 0 Å². The van der Waals surface area contributed by atoms with Crippen molar-refractivity contribution in [2.45, 2.75) is 6.18 Å². The molecule has 0 spiro atoms. The molecule has 0 saturated carbocycles. The van der Waals surface area contributed by atoms with E-state index in [4.69, 9.17) is 11.6 Å². The molecule has 0 atom stereocenters. The number of aromatic amines is 1. The Morgan fingerprint density at radius 1 is 1.03 bits per heavy atom. The van der Waals surface area contributed by atoms with E-state index >= 15 is 0 Å². The summed E-state index contributed by atoms with van der Waals surface area (Å²) in [7, 11) is 0. The van der Waals surface area contributed by atoms with Gasteiger partial charge in [-0.25, -0.2) is 10.1 Å². The van der Waals surface area contributed by atoms with E-state index in [-0.39, 0.29) is 10.7 Å². The van der Waals surface area contributed by atoms with Crippen molar-refractivity contribution in [3.63, 3.8) is 0 Å². The fourth-order valence-electron chi connectivity index (χ4n) is 3.18. The van der Waals surface area contributed by atoms with Crippen LogP contribution in [0.1, 0.15) is 5.56 Å². The summed E-state index contributed by atoms with van der Waals surface area (Å²) in [6, 6.07) is 11.2. The molecule has 0 unspecified atom stereocenters. The average molecular weight is 447 g/mol. The molecule has 0 aliphatic rings. The van der Waals surface area contributed by atoms with E-state index in [1.54, 1.807) is 0 Å². The van der Waals surface area contributed by atoms with Crippen molar-refractivity contribution in [1.82, 2.24) is 25.6 Å². The fourth-order valence-corrected chi connectivity index (χ4v) is 4.34. The standard InChI is InChI=1S/C19H10ClF3N6S/c20-14-4-2-10(8-13(14)19(21,22)23)24-18-12-5-6-30-16(12)11-3-1-9(7-15(11)25-18)17-26-28-29-27-17/h1-8H,(H,24,25)(H,26,27,28,29). The Morgan fingerprint density at radius 3 is 2.67 bits per heavy atom. The average Bonchev–Trinajstić information content (AvgIpc) is 3.40. The van der Waals surface area contributed by atoms with E-state index in [2.05, 4.69) is 30.9 Å². The molecule has 2 N–H and O–H groups in total. The number of H-pyrrole nitrogens is 1. The predicted molar refractivity (Wildman–Crippen MR) is 110 cm³/mol. The molecule has 0 aliphatic heterocycles. The smallest absolute Gasteiger partial charge is 0.340 e. The molecule has 3 heterocycles. The van der Waals surface area contributed by atoms with Crippen LogP contribution in [0, 0.1) is 0 Å². The number of aromatic nitrogens is 5. The SMILES string of the molecule is FC(F)(F)c1cc(Nc2nc3cc(-c4nnn[nH]4)ccc3c3sccc23)ccc1Cl. The minimum Gasteiger partial charge on any atom is -0.340 e. The minimum absolute atomic E-state index is 0.238. The molecule has 5 aromatic rings. The molecule has 3 aromatic heterocycles. The Kier molecular flexibility index (Phi) is 4.33. The van der Waals surface area contributed by atoms with Crippen molar-refractivity contribution >= 4 is 55.4 Å². The van der Waals surface area contributed by atoms with Gasteiger partial charge in [0.15, 0.2) is 5.82 Å². The van der Waals surface area contributed by atoms with E-state index < -0.39 is 11.7 Å². The van der Waals surface area contributed by atoms with Gasteiger partial charge in [0.25, 0.3) is 0 Å². The zero-order valence-electron chi connectivity index (χ0n) is 14.8. The second-order valence-electron chi connectivity index (χ2n) is 6.42. The highest BCUT2D eigenvalue weighted by Crippen LogP contribution is 2.39. The number of nitrogens with zero attached hydrogens (tertiary/aromatic N) is 4. The van der Waals surface area contributed by atoms with Crippen LogP contribution in [0.3, 0.4) is 0 Å². The fraction of sp³-hybridized carbons (Fsp3) is 0.0526. The highest BCUT2D eigenvalue weighted by atomic mass is 35.5. The van der Waals surface area contributed by atoms with Crippen LogP contribution in [0.2, 0.25) is 5.02 Å². The van der Waals surface area contributed by atoms with Crippen molar-refractivity contribution in [2.75, 3.05) is 5.32 Å². The topological polar surface area (TPSA) is 79.4 Å². The molecule has 0 amide bonds. The van der Waals surface area contributed by atoms with Gasteiger partial charge in [-0.2, -0.15) is 13.2 Å². The molecule has 0 aliphatic carbocycles. The molecule has 0 bridgehead atoms. The van der Waals surface area contributed by atoms with Gasteiger partial charge >= 0.3 is 6.18 Å². The van der Waals surface area contributed by atoms with Crippen molar-refractivity contribution in [1.29, 1.82) is 0 Å². The van der Waals surface area contributed by atoms with Crippen LogP contribution in [0.4, 0.5) is 24.7 Å². The Labute approximate surface area is 175 Å². The summed E-state index contributed by atoms with van der Waals surface area (Å²) in [5, 5.41) is 20.0. The lowest BCUT2D eigenvalue weighted by Crippen LogP contribution is -2.06. The van der Waals surface area contributed by atoms with Crippen LogP contribution in [-0.4, -0.2) is 25.6 Å². The monoisotopic (exact) mass is 446 g/mol. The number of halogens is 4. The maximum absolute atomic E-state index is 13.2. The lowest BCUT2D eigenvalue weighted by atomic mass is 10.1. The van der Waals surface area contributed by atoms with Gasteiger partial charge in [0.05, 0.1) is 16.1 Å². The molecule has 150 valence electrons. The van der Waals surface area contributed by atoms with E-state index in [9.17, 15) is 13.2 Å². The summed E-state index contributed by atoms with van der Waals surface area (Å²) in [6.45, 7) is 0. The summed E-state index contributed by atoms with van der Waals surface area (Å²) >= 11 is 7.25. The maximum Gasteiger partial charge on any atom is 0.417 e. The number of thiophene rings is 1. The summed E-state index contributed by atoms with van der Waals surface area (Å²) in [5.41, 5.74) is 0.734. The molecule has 5 rings (SSSR count). The van der Waals surface area contributed by atoms with Gasteiger partial charge in [0, 0.05) is 26.7 Å². The number of hydrogen-bond donors (Lipinski definition) is 2. The largest absolute Gasteiger partial charge is 0.417 e. The zero-order valence-corrected chi connectivity index (χ0v) is 16.4. The lowest BCUT2D eigenvalue weighted by Gasteiger charge is -2.13. The second kappa shape index (κ2) is 6.92. The first-order valence-corrected chi connectivity index (χ1v) is 9.85. The molecule has 11 heteroatoms. The van der Waals surface area contributed by atoms with Gasteiger partial charge in [-0.1, -0.05) is 23.7 Å². The van der Waals surface area contributed by atoms with E-state index in [1.165, 1.54) is 23.5 Å². The summed E-state index contributed by atoms with van der Waals surface area (Å²) in [5.74, 6) is 0.939. The predicted octanol–water partition coefficient (Wildman–Crippen LogP) is 6.05. The molecular formula is C19H10ClF3N6S. The molecular weight excluding hydrogens is 437 g/mol. The number of tetrazole rings is 1. The number of alkyl halides is 3. The molecule has 0 radical (unpaired) electrons. The lowest BCUT2D eigenvalue weighted by molar-refractivity contribution is -0.137. The van der Waals surface area contributed by atoms with Crippen molar-refractivity contribution in [3.8, 4) is 11.4 Å². The number of nitrogens with one attached hydrogen (secondary N) is 2. The first-order valence-electron chi connectivity index (χ1n) is 8.59. The quantitative estimate of drug-likeness (QED) is 0.353. The third kappa shape index (κ3) is 3.23. The molecule has 30 heavy (non-hydrogen) atoms. The number of anilines is 2. The molecule has 2 aromatic carbocycles. The number of benzene rings is 2.